The predicted octanol–water partition coefficient (Wildman–Crippen LogP) is 2.04. The second-order valence-electron chi connectivity index (χ2n) is 3.79. The number of nitrogens with one attached hydrogen (secondary N) is 1. The zero-order valence-corrected chi connectivity index (χ0v) is 9.72. The molecule has 4 heteroatoms. The summed E-state index contributed by atoms with van der Waals surface area (Å²) in [5.41, 5.74) is 3.90. The van der Waals surface area contributed by atoms with Gasteiger partial charge in [0.2, 0.25) is 0 Å². The van der Waals surface area contributed by atoms with E-state index in [-0.39, 0.29) is 6.04 Å². The first-order valence-corrected chi connectivity index (χ1v) is 5.46. The maximum atomic E-state index is 5.54. The van der Waals surface area contributed by atoms with E-state index in [0.717, 1.165) is 23.5 Å². The Hall–Kier alpha value is -1.78. The van der Waals surface area contributed by atoms with Crippen LogP contribution >= 0.6 is 0 Å². The SMILES string of the molecule is COc1cccc(CC(NN)c2ccco2)c1. The summed E-state index contributed by atoms with van der Waals surface area (Å²) >= 11 is 0. The highest BCUT2D eigenvalue weighted by Gasteiger charge is 2.13. The van der Waals surface area contributed by atoms with Gasteiger partial charge in [-0.3, -0.25) is 5.84 Å². The molecule has 2 rings (SSSR count). The van der Waals surface area contributed by atoms with Crippen LogP contribution < -0.4 is 16.0 Å². The van der Waals surface area contributed by atoms with E-state index in [1.54, 1.807) is 13.4 Å². The Morgan fingerprint density at radius 1 is 1.35 bits per heavy atom. The molecule has 0 aliphatic heterocycles. The van der Waals surface area contributed by atoms with Gasteiger partial charge in [0.25, 0.3) is 0 Å². The third-order valence-corrected chi connectivity index (χ3v) is 2.66. The molecule has 1 atom stereocenters. The number of hydrazine groups is 1. The van der Waals surface area contributed by atoms with Crippen molar-refractivity contribution in [2.24, 2.45) is 5.84 Å². The fourth-order valence-corrected chi connectivity index (χ4v) is 1.77. The van der Waals surface area contributed by atoms with Gasteiger partial charge >= 0.3 is 0 Å². The van der Waals surface area contributed by atoms with E-state index >= 15 is 0 Å². The molecule has 0 aliphatic carbocycles. The van der Waals surface area contributed by atoms with Crippen LogP contribution in [0.15, 0.2) is 47.1 Å². The Bertz CT molecular complexity index is 454. The molecule has 1 aromatic carbocycles. The summed E-state index contributed by atoms with van der Waals surface area (Å²) in [5, 5.41) is 0. The highest BCUT2D eigenvalue weighted by Crippen LogP contribution is 2.20. The summed E-state index contributed by atoms with van der Waals surface area (Å²) in [7, 11) is 1.66. The van der Waals surface area contributed by atoms with E-state index in [1.165, 1.54) is 0 Å². The van der Waals surface area contributed by atoms with Crippen LogP contribution in [0.5, 0.6) is 5.75 Å². The van der Waals surface area contributed by atoms with Crippen molar-refractivity contribution in [3.63, 3.8) is 0 Å². The van der Waals surface area contributed by atoms with E-state index in [2.05, 4.69) is 5.43 Å². The minimum atomic E-state index is -0.0305. The van der Waals surface area contributed by atoms with E-state index in [0.29, 0.717) is 0 Å². The smallest absolute Gasteiger partial charge is 0.122 e. The van der Waals surface area contributed by atoms with Crippen LogP contribution in [-0.2, 0) is 6.42 Å². The lowest BCUT2D eigenvalue weighted by Crippen LogP contribution is -2.29. The van der Waals surface area contributed by atoms with E-state index in [4.69, 9.17) is 15.0 Å². The fourth-order valence-electron chi connectivity index (χ4n) is 1.77. The lowest BCUT2D eigenvalue weighted by Gasteiger charge is -2.13. The van der Waals surface area contributed by atoms with Crippen LogP contribution in [0.2, 0.25) is 0 Å². The lowest BCUT2D eigenvalue weighted by atomic mass is 10.0. The summed E-state index contributed by atoms with van der Waals surface area (Å²) < 4.78 is 10.5. The molecule has 0 radical (unpaired) electrons. The van der Waals surface area contributed by atoms with Crippen LogP contribution in [0.3, 0.4) is 0 Å². The predicted molar refractivity (Wildman–Crippen MR) is 65.5 cm³/mol. The molecule has 0 bridgehead atoms. The van der Waals surface area contributed by atoms with Gasteiger partial charge in [0.15, 0.2) is 0 Å². The summed E-state index contributed by atoms with van der Waals surface area (Å²) in [6.45, 7) is 0. The van der Waals surface area contributed by atoms with Crippen molar-refractivity contribution >= 4 is 0 Å². The summed E-state index contributed by atoms with van der Waals surface area (Å²) in [6, 6.07) is 11.6. The number of methoxy groups -OCH3 is 1. The van der Waals surface area contributed by atoms with Crippen molar-refractivity contribution in [2.75, 3.05) is 7.11 Å². The second-order valence-corrected chi connectivity index (χ2v) is 3.79. The molecule has 0 saturated heterocycles. The van der Waals surface area contributed by atoms with Crippen LogP contribution in [-0.4, -0.2) is 7.11 Å². The number of rotatable bonds is 5. The Labute approximate surface area is 100 Å². The molecule has 1 heterocycles. The van der Waals surface area contributed by atoms with E-state index in [9.17, 15) is 0 Å². The lowest BCUT2D eigenvalue weighted by molar-refractivity contribution is 0.408. The quantitative estimate of drug-likeness (QED) is 0.611. The van der Waals surface area contributed by atoms with Crippen molar-refractivity contribution in [3.8, 4) is 5.75 Å². The Morgan fingerprint density at radius 3 is 2.88 bits per heavy atom. The molecule has 0 amide bonds. The maximum absolute atomic E-state index is 5.54. The van der Waals surface area contributed by atoms with E-state index in [1.807, 2.05) is 36.4 Å². The molecular weight excluding hydrogens is 216 g/mol. The first-order chi connectivity index (χ1) is 8.33. The molecule has 3 N–H and O–H groups in total. The van der Waals surface area contributed by atoms with Gasteiger partial charge in [-0.25, -0.2) is 5.43 Å². The molecule has 90 valence electrons. The van der Waals surface area contributed by atoms with Crippen molar-refractivity contribution in [3.05, 3.63) is 54.0 Å². The second kappa shape index (κ2) is 5.52. The van der Waals surface area contributed by atoms with Gasteiger partial charge in [0.1, 0.15) is 11.5 Å². The van der Waals surface area contributed by atoms with Gasteiger partial charge in [-0.2, -0.15) is 0 Å². The Morgan fingerprint density at radius 2 is 2.24 bits per heavy atom. The first kappa shape index (κ1) is 11.7. The summed E-state index contributed by atoms with van der Waals surface area (Å²) in [6.07, 6.45) is 2.40. The molecule has 0 fully saturated rings. The number of benzene rings is 1. The van der Waals surface area contributed by atoms with Gasteiger partial charge in [0.05, 0.1) is 19.4 Å². The zero-order valence-electron chi connectivity index (χ0n) is 9.72. The number of hydrogen-bond acceptors (Lipinski definition) is 4. The van der Waals surface area contributed by atoms with Gasteiger partial charge < -0.3 is 9.15 Å². The average molecular weight is 232 g/mol. The number of furan rings is 1. The molecule has 0 spiro atoms. The number of ether oxygens (including phenoxy) is 1. The molecule has 2 aromatic rings. The van der Waals surface area contributed by atoms with Crippen LogP contribution in [0.25, 0.3) is 0 Å². The minimum absolute atomic E-state index is 0.0305. The van der Waals surface area contributed by atoms with Gasteiger partial charge in [0, 0.05) is 0 Å². The molecule has 0 saturated carbocycles. The van der Waals surface area contributed by atoms with E-state index < -0.39 is 0 Å². The van der Waals surface area contributed by atoms with Gasteiger partial charge in [-0.05, 0) is 36.2 Å². The zero-order chi connectivity index (χ0) is 12.1. The van der Waals surface area contributed by atoms with Crippen molar-refractivity contribution < 1.29 is 9.15 Å². The summed E-state index contributed by atoms with van der Waals surface area (Å²) in [4.78, 5) is 0. The Balaban J connectivity index is 2.13. The number of nitrogens with two attached hydrogens (primary N) is 1. The molecule has 1 unspecified atom stereocenters. The third kappa shape index (κ3) is 2.87. The summed E-state index contributed by atoms with van der Waals surface area (Å²) in [5.74, 6) is 7.22. The monoisotopic (exact) mass is 232 g/mol. The first-order valence-electron chi connectivity index (χ1n) is 5.46. The average Bonchev–Trinajstić information content (AvgIpc) is 2.90. The largest absolute Gasteiger partial charge is 0.497 e. The van der Waals surface area contributed by atoms with Crippen LogP contribution in [0, 0.1) is 0 Å². The van der Waals surface area contributed by atoms with Crippen molar-refractivity contribution in [1.82, 2.24) is 5.43 Å². The topological polar surface area (TPSA) is 60.4 Å². The molecule has 4 nitrogen and oxygen atoms in total. The Kier molecular flexibility index (Phi) is 3.80. The van der Waals surface area contributed by atoms with Gasteiger partial charge in [-0.1, -0.05) is 12.1 Å². The standard InChI is InChI=1S/C13H16N2O2/c1-16-11-5-2-4-10(8-11)9-12(15-14)13-6-3-7-17-13/h2-8,12,15H,9,14H2,1H3. The van der Waals surface area contributed by atoms with Gasteiger partial charge in [-0.15, -0.1) is 0 Å². The molecule has 1 aromatic heterocycles. The van der Waals surface area contributed by atoms with Crippen LogP contribution in [0.1, 0.15) is 17.4 Å². The maximum Gasteiger partial charge on any atom is 0.122 e. The molecular formula is C13H16N2O2. The minimum Gasteiger partial charge on any atom is -0.497 e. The van der Waals surface area contributed by atoms with Crippen molar-refractivity contribution in [2.45, 2.75) is 12.5 Å². The fraction of sp³-hybridized carbons (Fsp3) is 0.231. The third-order valence-electron chi connectivity index (χ3n) is 2.66. The molecule has 17 heavy (non-hydrogen) atoms. The van der Waals surface area contributed by atoms with Crippen LogP contribution in [0.4, 0.5) is 0 Å². The highest BCUT2D eigenvalue weighted by molar-refractivity contribution is 5.29. The highest BCUT2D eigenvalue weighted by atomic mass is 16.5. The number of hydrogen-bond donors (Lipinski definition) is 2. The molecule has 0 aliphatic rings. The van der Waals surface area contributed by atoms with Crippen molar-refractivity contribution in [1.29, 1.82) is 0 Å². The normalized spacial score (nSPS) is 12.4.